The highest BCUT2D eigenvalue weighted by molar-refractivity contribution is 9.10. The molecule has 0 bridgehead atoms. The molecule has 1 aliphatic heterocycles. The second-order valence-electron chi connectivity index (χ2n) is 5.88. The molecule has 1 unspecified atom stereocenters. The summed E-state index contributed by atoms with van der Waals surface area (Å²) in [5, 5.41) is 4.02. The molecule has 0 amide bonds. The van der Waals surface area contributed by atoms with Crippen LogP contribution in [-0.4, -0.2) is 44.2 Å². The summed E-state index contributed by atoms with van der Waals surface area (Å²) in [7, 11) is 1.31. The monoisotopic (exact) mass is 415 g/mol. The van der Waals surface area contributed by atoms with Gasteiger partial charge in [0.05, 0.1) is 11.6 Å². The van der Waals surface area contributed by atoms with Gasteiger partial charge in [-0.25, -0.2) is 9.18 Å². The van der Waals surface area contributed by atoms with Crippen LogP contribution in [0.15, 0.2) is 21.8 Å². The molecule has 0 saturated heterocycles. The zero-order valence-electron chi connectivity index (χ0n) is 14.0. The maximum atomic E-state index is 14.1. The van der Waals surface area contributed by atoms with E-state index in [1.54, 1.807) is 6.07 Å². The number of oxime groups is 1. The van der Waals surface area contributed by atoms with Crippen molar-refractivity contribution in [2.24, 2.45) is 11.1 Å². The molecule has 6 nitrogen and oxygen atoms in total. The minimum absolute atomic E-state index is 0.0801. The summed E-state index contributed by atoms with van der Waals surface area (Å²) in [5.41, 5.74) is 1.04. The smallest absolute Gasteiger partial charge is 0.347 e. The summed E-state index contributed by atoms with van der Waals surface area (Å²) in [6, 6.07) is 2.80. The number of rotatable bonds is 7. The summed E-state index contributed by atoms with van der Waals surface area (Å²) >= 11 is 3.18. The van der Waals surface area contributed by atoms with Gasteiger partial charge in [-0.3, -0.25) is 0 Å². The van der Waals surface area contributed by atoms with Crippen LogP contribution in [-0.2, 0) is 19.1 Å². The number of esters is 1. The molecule has 0 radical (unpaired) electrons. The van der Waals surface area contributed by atoms with E-state index in [1.807, 2.05) is 6.92 Å². The first-order valence-corrected chi connectivity index (χ1v) is 8.89. The van der Waals surface area contributed by atoms with Crippen LogP contribution in [0.4, 0.5) is 4.39 Å². The van der Waals surface area contributed by atoms with Gasteiger partial charge in [0.25, 0.3) is 0 Å². The van der Waals surface area contributed by atoms with Crippen molar-refractivity contribution in [2.45, 2.75) is 32.0 Å². The first-order chi connectivity index (χ1) is 12.0. The van der Waals surface area contributed by atoms with E-state index in [4.69, 9.17) is 19.0 Å². The SMILES string of the molecule is CCOC1CON=C1c1cc(Br)c(F)cc1O[C@H](C(=O)OC)C1CC1. The van der Waals surface area contributed by atoms with Crippen molar-refractivity contribution in [1.82, 2.24) is 0 Å². The number of benzene rings is 1. The van der Waals surface area contributed by atoms with Gasteiger partial charge in [0, 0.05) is 24.2 Å². The first kappa shape index (κ1) is 18.1. The Balaban J connectivity index is 1.95. The van der Waals surface area contributed by atoms with Gasteiger partial charge < -0.3 is 19.0 Å². The van der Waals surface area contributed by atoms with Crippen LogP contribution < -0.4 is 4.74 Å². The largest absolute Gasteiger partial charge is 0.478 e. The van der Waals surface area contributed by atoms with Crippen molar-refractivity contribution >= 4 is 27.6 Å². The maximum absolute atomic E-state index is 14.1. The van der Waals surface area contributed by atoms with Crippen LogP contribution in [0.1, 0.15) is 25.3 Å². The Kier molecular flexibility index (Phi) is 5.58. The summed E-state index contributed by atoms with van der Waals surface area (Å²) < 4.78 is 30.7. The Morgan fingerprint density at radius 2 is 2.24 bits per heavy atom. The highest BCUT2D eigenvalue weighted by Gasteiger charge is 2.40. The number of hydrogen-bond donors (Lipinski definition) is 0. The second kappa shape index (κ2) is 7.70. The zero-order chi connectivity index (χ0) is 18.0. The van der Waals surface area contributed by atoms with Crippen molar-refractivity contribution < 1.29 is 28.2 Å². The second-order valence-corrected chi connectivity index (χ2v) is 6.73. The van der Waals surface area contributed by atoms with Gasteiger partial charge >= 0.3 is 5.97 Å². The highest BCUT2D eigenvalue weighted by atomic mass is 79.9. The van der Waals surface area contributed by atoms with Gasteiger partial charge in [0.15, 0.2) is 6.10 Å². The van der Waals surface area contributed by atoms with Gasteiger partial charge in [-0.15, -0.1) is 0 Å². The van der Waals surface area contributed by atoms with E-state index in [2.05, 4.69) is 21.1 Å². The molecule has 1 aromatic carbocycles. The molecule has 2 aliphatic rings. The van der Waals surface area contributed by atoms with Crippen molar-refractivity contribution in [1.29, 1.82) is 0 Å². The van der Waals surface area contributed by atoms with Gasteiger partial charge in [-0.1, -0.05) is 5.16 Å². The number of hydrogen-bond acceptors (Lipinski definition) is 6. The number of ether oxygens (including phenoxy) is 3. The van der Waals surface area contributed by atoms with E-state index < -0.39 is 17.9 Å². The lowest BCUT2D eigenvalue weighted by molar-refractivity contribution is -0.149. The minimum Gasteiger partial charge on any atom is -0.478 e. The van der Waals surface area contributed by atoms with Gasteiger partial charge in [-0.2, -0.15) is 0 Å². The van der Waals surface area contributed by atoms with Gasteiger partial charge in [-0.05, 0) is 41.8 Å². The van der Waals surface area contributed by atoms with Crippen LogP contribution in [0, 0.1) is 11.7 Å². The molecule has 136 valence electrons. The fourth-order valence-corrected chi connectivity index (χ4v) is 3.02. The predicted molar refractivity (Wildman–Crippen MR) is 91.2 cm³/mol. The predicted octanol–water partition coefficient (Wildman–Crippen LogP) is 3.06. The molecule has 2 atom stereocenters. The number of carbonyl (C=O) groups excluding carboxylic acids is 1. The molecule has 25 heavy (non-hydrogen) atoms. The molecular formula is C17H19BrFNO5. The Labute approximate surface area is 153 Å². The molecule has 1 aromatic rings. The molecule has 1 fully saturated rings. The van der Waals surface area contributed by atoms with E-state index in [0.29, 0.717) is 17.9 Å². The number of carbonyl (C=O) groups is 1. The standard InChI is InChI=1S/C17H19BrFNO5/c1-3-23-14-8-24-20-15(14)10-6-11(18)12(19)7-13(10)25-16(9-4-5-9)17(21)22-2/h6-7,9,14,16H,3-5,8H2,1-2H3/t14?,16-/m0/s1. The number of nitrogens with zero attached hydrogens (tertiary/aromatic N) is 1. The third kappa shape index (κ3) is 3.95. The molecule has 1 aliphatic carbocycles. The van der Waals surface area contributed by atoms with Crippen LogP contribution in [0.5, 0.6) is 5.75 Å². The number of halogens is 2. The molecule has 8 heteroatoms. The molecule has 0 aromatic heterocycles. The Morgan fingerprint density at radius 3 is 2.88 bits per heavy atom. The Hall–Kier alpha value is -1.67. The Bertz CT molecular complexity index is 692. The average Bonchev–Trinajstić information content (AvgIpc) is 3.34. The fourth-order valence-electron chi connectivity index (χ4n) is 2.68. The molecular weight excluding hydrogens is 397 g/mol. The maximum Gasteiger partial charge on any atom is 0.347 e. The van der Waals surface area contributed by atoms with E-state index in [0.717, 1.165) is 12.8 Å². The fraction of sp³-hybridized carbons (Fsp3) is 0.529. The number of methoxy groups -OCH3 is 1. The van der Waals surface area contributed by atoms with Crippen LogP contribution >= 0.6 is 15.9 Å². The van der Waals surface area contributed by atoms with Gasteiger partial charge in [0.1, 0.15) is 30.0 Å². The average molecular weight is 416 g/mol. The lowest BCUT2D eigenvalue weighted by Gasteiger charge is -2.20. The van der Waals surface area contributed by atoms with E-state index in [-0.39, 0.29) is 28.9 Å². The van der Waals surface area contributed by atoms with Crippen LogP contribution in [0.2, 0.25) is 0 Å². The first-order valence-electron chi connectivity index (χ1n) is 8.10. The third-order valence-corrected chi connectivity index (χ3v) is 4.71. The molecule has 3 rings (SSSR count). The van der Waals surface area contributed by atoms with E-state index in [9.17, 15) is 9.18 Å². The quantitative estimate of drug-likeness (QED) is 0.640. The molecule has 1 heterocycles. The lowest BCUT2D eigenvalue weighted by atomic mass is 10.0. The summed E-state index contributed by atoms with van der Waals surface area (Å²) in [6.45, 7) is 2.63. The van der Waals surface area contributed by atoms with E-state index >= 15 is 0 Å². The van der Waals surface area contributed by atoms with Crippen molar-refractivity contribution in [3.63, 3.8) is 0 Å². The van der Waals surface area contributed by atoms with Crippen LogP contribution in [0.3, 0.4) is 0 Å². The Morgan fingerprint density at radius 1 is 1.48 bits per heavy atom. The summed E-state index contributed by atoms with van der Waals surface area (Å²) in [4.78, 5) is 17.2. The summed E-state index contributed by atoms with van der Waals surface area (Å²) in [6.07, 6.45) is 0.611. The molecule has 1 saturated carbocycles. The zero-order valence-corrected chi connectivity index (χ0v) is 15.5. The highest BCUT2D eigenvalue weighted by Crippen LogP contribution is 2.38. The molecule has 0 spiro atoms. The van der Waals surface area contributed by atoms with Crippen molar-refractivity contribution in [2.75, 3.05) is 20.3 Å². The molecule has 0 N–H and O–H groups in total. The van der Waals surface area contributed by atoms with E-state index in [1.165, 1.54) is 13.2 Å². The van der Waals surface area contributed by atoms with Crippen molar-refractivity contribution in [3.05, 3.63) is 28.0 Å². The lowest BCUT2D eigenvalue weighted by Crippen LogP contribution is -2.32. The topological polar surface area (TPSA) is 66.3 Å². The summed E-state index contributed by atoms with van der Waals surface area (Å²) in [5.74, 6) is -0.665. The van der Waals surface area contributed by atoms with Gasteiger partial charge in [0.2, 0.25) is 0 Å². The third-order valence-electron chi connectivity index (χ3n) is 4.10. The normalized spacial score (nSPS) is 20.6. The van der Waals surface area contributed by atoms with Crippen LogP contribution in [0.25, 0.3) is 0 Å². The minimum atomic E-state index is -0.766. The van der Waals surface area contributed by atoms with Crippen molar-refractivity contribution in [3.8, 4) is 5.75 Å².